The highest BCUT2D eigenvalue weighted by Gasteiger charge is 2.52. The smallest absolute Gasteiger partial charge is 0.405 e. The van der Waals surface area contributed by atoms with E-state index in [1.54, 1.807) is 6.07 Å². The maximum Gasteiger partial charge on any atom is 0.573 e. The highest BCUT2D eigenvalue weighted by molar-refractivity contribution is 5.82. The maximum absolute atomic E-state index is 14.7. The zero-order chi connectivity index (χ0) is 27.7. The number of nitrogens with one attached hydrogen (secondary N) is 2. The summed E-state index contributed by atoms with van der Waals surface area (Å²) in [6.07, 6.45) is 3.86. The number of hydrogen-bond donors (Lipinski definition) is 2. The molecule has 8 heteroatoms. The molecule has 216 valence electrons. The fraction of sp³-hybridized carbons (Fsp3) is 0.594. The van der Waals surface area contributed by atoms with Crippen LogP contribution >= 0.6 is 0 Å². The molecule has 6 rings (SSSR count). The van der Waals surface area contributed by atoms with Crippen LogP contribution in [0.3, 0.4) is 0 Å². The molecule has 1 saturated carbocycles. The number of carbonyl (C=O) groups is 1. The van der Waals surface area contributed by atoms with Crippen molar-refractivity contribution < 1.29 is 22.7 Å². The number of nitrogens with zero attached hydrogens (tertiary/aromatic N) is 1. The normalized spacial score (nSPS) is 29.7. The number of piperidine rings is 1. The van der Waals surface area contributed by atoms with Gasteiger partial charge in [-0.1, -0.05) is 61.7 Å². The molecular weight excluding hydrogens is 515 g/mol. The SMILES string of the molecule is O=C(C1CNC[C@]12CCNCc1c(OC(F)(F)F)cccc12)N1CC[C@@H](c2ccccc2)C[C@H]1C1CCCCC1. The number of alkyl halides is 3. The standard InChI is InChI=1S/C32H40F3N3O2/c33-32(34,35)40-29-13-7-12-26-25(29)19-36-16-15-31(26)21-37-20-27(31)30(39)38-17-14-24(22-8-3-1-4-9-22)18-28(38)23-10-5-2-6-11-23/h1,3-4,7-9,12-13,23-24,27-28,36-37H,2,5-6,10-11,14-21H2/t24-,27?,28+,31+/m1/s1. The number of ether oxygens (including phenoxy) is 1. The van der Waals surface area contributed by atoms with E-state index in [4.69, 9.17) is 0 Å². The van der Waals surface area contributed by atoms with Gasteiger partial charge >= 0.3 is 6.36 Å². The van der Waals surface area contributed by atoms with Crippen molar-refractivity contribution in [2.24, 2.45) is 11.8 Å². The van der Waals surface area contributed by atoms with Gasteiger partial charge in [-0.2, -0.15) is 0 Å². The highest BCUT2D eigenvalue weighted by Crippen LogP contribution is 2.47. The molecule has 0 aromatic heterocycles. The molecule has 1 spiro atoms. The molecule has 5 nitrogen and oxygen atoms in total. The Labute approximate surface area is 234 Å². The molecule has 4 aliphatic rings. The van der Waals surface area contributed by atoms with Gasteiger partial charge in [-0.25, -0.2) is 0 Å². The van der Waals surface area contributed by atoms with E-state index in [0.717, 1.165) is 37.8 Å². The zero-order valence-corrected chi connectivity index (χ0v) is 23.0. The minimum absolute atomic E-state index is 0.166. The summed E-state index contributed by atoms with van der Waals surface area (Å²) in [5, 5.41) is 6.78. The van der Waals surface area contributed by atoms with Gasteiger partial charge in [0.2, 0.25) is 5.91 Å². The Morgan fingerprint density at radius 3 is 2.55 bits per heavy atom. The first kappa shape index (κ1) is 27.6. The lowest BCUT2D eigenvalue weighted by Gasteiger charge is -2.47. The summed E-state index contributed by atoms with van der Waals surface area (Å²) in [6, 6.07) is 15.8. The molecular formula is C32H40F3N3O2. The van der Waals surface area contributed by atoms with Crippen molar-refractivity contribution in [2.75, 3.05) is 26.2 Å². The minimum atomic E-state index is -4.77. The van der Waals surface area contributed by atoms with Crippen molar-refractivity contribution >= 4 is 5.91 Å². The number of likely N-dealkylation sites (tertiary alicyclic amines) is 1. The van der Waals surface area contributed by atoms with Crippen LogP contribution in [0.15, 0.2) is 48.5 Å². The Morgan fingerprint density at radius 1 is 0.975 bits per heavy atom. The van der Waals surface area contributed by atoms with Gasteiger partial charge in [0.1, 0.15) is 5.75 Å². The number of halogens is 3. The molecule has 3 fully saturated rings. The first-order chi connectivity index (χ1) is 19.4. The Morgan fingerprint density at radius 2 is 1.77 bits per heavy atom. The van der Waals surface area contributed by atoms with E-state index in [1.165, 1.54) is 30.9 Å². The summed E-state index contributed by atoms with van der Waals surface area (Å²) in [5.41, 5.74) is 2.12. The molecule has 40 heavy (non-hydrogen) atoms. The monoisotopic (exact) mass is 555 g/mol. The third-order valence-electron chi connectivity index (χ3n) is 10.1. The van der Waals surface area contributed by atoms with Crippen LogP contribution in [0.2, 0.25) is 0 Å². The van der Waals surface area contributed by atoms with E-state index in [1.807, 2.05) is 6.07 Å². The average molecular weight is 556 g/mol. The summed E-state index contributed by atoms with van der Waals surface area (Å²) in [4.78, 5) is 16.9. The van der Waals surface area contributed by atoms with E-state index in [2.05, 4.69) is 50.6 Å². The van der Waals surface area contributed by atoms with Crippen molar-refractivity contribution in [3.05, 3.63) is 65.2 Å². The molecule has 1 aliphatic carbocycles. The average Bonchev–Trinajstić information content (AvgIpc) is 3.30. The van der Waals surface area contributed by atoms with Crippen LogP contribution in [0.5, 0.6) is 5.75 Å². The second kappa shape index (κ2) is 11.4. The Bertz CT molecular complexity index is 1180. The molecule has 2 saturated heterocycles. The molecule has 0 radical (unpaired) electrons. The summed E-state index contributed by atoms with van der Waals surface area (Å²) in [6.45, 7) is 2.76. The molecule has 1 amide bonds. The van der Waals surface area contributed by atoms with E-state index < -0.39 is 11.8 Å². The number of rotatable bonds is 4. The van der Waals surface area contributed by atoms with Gasteiger partial charge in [-0.05, 0) is 67.7 Å². The van der Waals surface area contributed by atoms with Crippen molar-refractivity contribution in [3.63, 3.8) is 0 Å². The van der Waals surface area contributed by atoms with Crippen molar-refractivity contribution in [1.82, 2.24) is 15.5 Å². The quantitative estimate of drug-likeness (QED) is 0.494. The molecule has 1 unspecified atom stereocenters. The Balaban J connectivity index is 1.32. The van der Waals surface area contributed by atoms with Crippen LogP contribution in [0.1, 0.15) is 74.0 Å². The van der Waals surface area contributed by atoms with Crippen molar-refractivity contribution in [2.45, 2.75) is 81.6 Å². The summed E-state index contributed by atoms with van der Waals surface area (Å²) in [7, 11) is 0. The topological polar surface area (TPSA) is 53.6 Å². The fourth-order valence-corrected chi connectivity index (χ4v) is 8.19. The predicted octanol–water partition coefficient (Wildman–Crippen LogP) is 5.89. The number of hydrogen-bond acceptors (Lipinski definition) is 4. The number of carbonyl (C=O) groups excluding carboxylic acids is 1. The van der Waals surface area contributed by atoms with Gasteiger partial charge in [-0.15, -0.1) is 13.2 Å². The van der Waals surface area contributed by atoms with Crippen molar-refractivity contribution in [1.29, 1.82) is 0 Å². The van der Waals surface area contributed by atoms with Gasteiger partial charge in [-0.3, -0.25) is 4.79 Å². The molecule has 0 bridgehead atoms. The third-order valence-corrected chi connectivity index (χ3v) is 10.1. The van der Waals surface area contributed by atoms with Gasteiger partial charge < -0.3 is 20.3 Å². The second-order valence-corrected chi connectivity index (χ2v) is 12.2. The summed E-state index contributed by atoms with van der Waals surface area (Å²) >= 11 is 0. The van der Waals surface area contributed by atoms with Crippen LogP contribution in [0.25, 0.3) is 0 Å². The van der Waals surface area contributed by atoms with E-state index in [-0.39, 0.29) is 30.2 Å². The highest BCUT2D eigenvalue weighted by atomic mass is 19.4. The predicted molar refractivity (Wildman–Crippen MR) is 148 cm³/mol. The van der Waals surface area contributed by atoms with E-state index in [0.29, 0.717) is 43.5 Å². The largest absolute Gasteiger partial charge is 0.573 e. The van der Waals surface area contributed by atoms with Crippen molar-refractivity contribution in [3.8, 4) is 5.75 Å². The second-order valence-electron chi connectivity index (χ2n) is 12.2. The summed E-state index contributed by atoms with van der Waals surface area (Å²) in [5.74, 6) is 0.622. The molecule has 3 heterocycles. The van der Waals surface area contributed by atoms with Crippen LogP contribution in [0, 0.1) is 11.8 Å². The lowest BCUT2D eigenvalue weighted by Crippen LogP contribution is -2.55. The van der Waals surface area contributed by atoms with E-state index in [9.17, 15) is 18.0 Å². The van der Waals surface area contributed by atoms with Gasteiger partial charge in [0.15, 0.2) is 0 Å². The molecule has 2 aromatic carbocycles. The van der Waals surface area contributed by atoms with E-state index >= 15 is 0 Å². The van der Waals surface area contributed by atoms with Gasteiger partial charge in [0.25, 0.3) is 0 Å². The molecule has 4 atom stereocenters. The van der Waals surface area contributed by atoms with Crippen LogP contribution in [-0.2, 0) is 16.8 Å². The Hall–Kier alpha value is -2.58. The third kappa shape index (κ3) is 5.37. The van der Waals surface area contributed by atoms with Gasteiger partial charge in [0, 0.05) is 43.2 Å². The number of amides is 1. The fourth-order valence-electron chi connectivity index (χ4n) is 8.19. The Kier molecular flexibility index (Phi) is 7.83. The first-order valence-corrected chi connectivity index (χ1v) is 15.0. The minimum Gasteiger partial charge on any atom is -0.405 e. The number of fused-ring (bicyclic) bond motifs is 2. The zero-order valence-electron chi connectivity index (χ0n) is 23.0. The molecule has 2 N–H and O–H groups in total. The lowest BCUT2D eigenvalue weighted by atomic mass is 9.67. The van der Waals surface area contributed by atoms with Crippen LogP contribution in [0.4, 0.5) is 13.2 Å². The van der Waals surface area contributed by atoms with Gasteiger partial charge in [0.05, 0.1) is 5.92 Å². The maximum atomic E-state index is 14.7. The number of benzene rings is 2. The van der Waals surface area contributed by atoms with Crippen LogP contribution < -0.4 is 15.4 Å². The summed E-state index contributed by atoms with van der Waals surface area (Å²) < 4.78 is 44.3. The first-order valence-electron chi connectivity index (χ1n) is 15.0. The lowest BCUT2D eigenvalue weighted by molar-refractivity contribution is -0.275. The van der Waals surface area contributed by atoms with Crippen LogP contribution in [-0.4, -0.2) is 49.4 Å². The molecule has 2 aromatic rings. The molecule has 3 aliphatic heterocycles.